The number of carbonyl (C=O) groups is 1. The lowest BCUT2D eigenvalue weighted by molar-refractivity contribution is -0.114. The van der Waals surface area contributed by atoms with E-state index in [0.29, 0.717) is 17.1 Å². The van der Waals surface area contributed by atoms with Gasteiger partial charge in [0.2, 0.25) is 5.91 Å². The molecule has 0 aliphatic carbocycles. The molecule has 0 unspecified atom stereocenters. The first-order valence-electron chi connectivity index (χ1n) is 12.5. The average Bonchev–Trinajstić information content (AvgIpc) is 2.87. The molecule has 0 saturated heterocycles. The Balaban J connectivity index is 1.55. The second-order valence-electron chi connectivity index (χ2n) is 9.72. The summed E-state index contributed by atoms with van der Waals surface area (Å²) in [6, 6.07) is 24.5. The van der Waals surface area contributed by atoms with Gasteiger partial charge >= 0.3 is 0 Å². The number of sulfonamides is 2. The van der Waals surface area contributed by atoms with E-state index in [9.17, 15) is 21.6 Å². The molecule has 2 N–H and O–H groups in total. The molecule has 8 nitrogen and oxygen atoms in total. The Labute approximate surface area is 235 Å². The van der Waals surface area contributed by atoms with E-state index in [0.717, 1.165) is 26.6 Å². The first kappa shape index (κ1) is 28.8. The molecule has 0 fully saturated rings. The minimum atomic E-state index is -4.07. The fourth-order valence-electron chi connectivity index (χ4n) is 4.22. The van der Waals surface area contributed by atoms with Crippen LogP contribution in [0.4, 0.5) is 17.1 Å². The van der Waals surface area contributed by atoms with Crippen LogP contribution in [-0.2, 0) is 24.8 Å². The summed E-state index contributed by atoms with van der Waals surface area (Å²) >= 11 is 0. The number of benzene rings is 4. The van der Waals surface area contributed by atoms with Crippen molar-refractivity contribution in [1.82, 2.24) is 0 Å². The molecule has 0 heterocycles. The Morgan fingerprint density at radius 1 is 0.650 bits per heavy atom. The van der Waals surface area contributed by atoms with Crippen LogP contribution in [0.2, 0.25) is 0 Å². The van der Waals surface area contributed by atoms with Crippen molar-refractivity contribution in [2.45, 2.75) is 37.5 Å². The molecule has 1 amide bonds. The summed E-state index contributed by atoms with van der Waals surface area (Å²) in [5, 5.41) is 2.68. The SMILES string of the molecule is Cc1ccc(S(=O)(=O)N(CC(=O)Nc2ccc(S(=O)(=O)Nc3cccc(C)c3)cc2)c2cc(C)cc(C)c2)cc1. The van der Waals surface area contributed by atoms with Crippen LogP contribution in [0.15, 0.2) is 101 Å². The maximum Gasteiger partial charge on any atom is 0.264 e. The van der Waals surface area contributed by atoms with E-state index in [1.54, 1.807) is 42.5 Å². The van der Waals surface area contributed by atoms with Gasteiger partial charge < -0.3 is 5.32 Å². The number of nitrogens with one attached hydrogen (secondary N) is 2. The molecule has 0 radical (unpaired) electrons. The smallest absolute Gasteiger partial charge is 0.264 e. The van der Waals surface area contributed by atoms with E-state index >= 15 is 0 Å². The number of hydrogen-bond acceptors (Lipinski definition) is 5. The van der Waals surface area contributed by atoms with E-state index in [4.69, 9.17) is 0 Å². The number of hydrogen-bond donors (Lipinski definition) is 2. The van der Waals surface area contributed by atoms with E-state index in [1.165, 1.54) is 36.4 Å². The quantitative estimate of drug-likeness (QED) is 0.271. The third-order valence-corrected chi connectivity index (χ3v) is 9.29. The van der Waals surface area contributed by atoms with Gasteiger partial charge in [0.15, 0.2) is 0 Å². The van der Waals surface area contributed by atoms with Crippen LogP contribution in [0.5, 0.6) is 0 Å². The van der Waals surface area contributed by atoms with E-state index in [-0.39, 0.29) is 9.79 Å². The molecular formula is C30H31N3O5S2. The van der Waals surface area contributed by atoms with Crippen LogP contribution in [0.25, 0.3) is 0 Å². The Morgan fingerprint density at radius 3 is 1.85 bits per heavy atom. The summed E-state index contributed by atoms with van der Waals surface area (Å²) in [4.78, 5) is 13.2. The molecule has 208 valence electrons. The summed E-state index contributed by atoms with van der Waals surface area (Å²) in [6.07, 6.45) is 0. The molecule has 4 aromatic rings. The molecular weight excluding hydrogens is 546 g/mol. The number of anilines is 3. The summed E-state index contributed by atoms with van der Waals surface area (Å²) in [5.74, 6) is -0.580. The number of nitrogens with zero attached hydrogens (tertiary/aromatic N) is 1. The molecule has 40 heavy (non-hydrogen) atoms. The predicted molar refractivity (Wildman–Crippen MR) is 159 cm³/mol. The van der Waals surface area contributed by atoms with Gasteiger partial charge in [-0.3, -0.25) is 13.8 Å². The van der Waals surface area contributed by atoms with Crippen molar-refractivity contribution in [2.75, 3.05) is 20.9 Å². The summed E-state index contributed by atoms with van der Waals surface area (Å²) in [5.41, 5.74) is 4.68. The molecule has 0 aliphatic heterocycles. The Bertz CT molecular complexity index is 1730. The fourth-order valence-corrected chi connectivity index (χ4v) is 6.67. The molecule has 4 aromatic carbocycles. The van der Waals surface area contributed by atoms with Crippen molar-refractivity contribution in [3.8, 4) is 0 Å². The van der Waals surface area contributed by atoms with Crippen LogP contribution in [-0.4, -0.2) is 29.3 Å². The Morgan fingerprint density at radius 2 is 1.25 bits per heavy atom. The molecule has 0 aliphatic rings. The maximum absolute atomic E-state index is 13.7. The fraction of sp³-hybridized carbons (Fsp3) is 0.167. The first-order chi connectivity index (χ1) is 18.8. The van der Waals surface area contributed by atoms with Crippen LogP contribution >= 0.6 is 0 Å². The highest BCUT2D eigenvalue weighted by Crippen LogP contribution is 2.26. The van der Waals surface area contributed by atoms with Crippen LogP contribution in [0, 0.1) is 27.7 Å². The van der Waals surface area contributed by atoms with Gasteiger partial charge in [0, 0.05) is 11.4 Å². The number of aryl methyl sites for hydroxylation is 4. The molecule has 10 heteroatoms. The Hall–Kier alpha value is -4.15. The lowest BCUT2D eigenvalue weighted by atomic mass is 10.1. The van der Waals surface area contributed by atoms with Crippen molar-refractivity contribution >= 4 is 43.0 Å². The van der Waals surface area contributed by atoms with Gasteiger partial charge in [-0.05, 0) is 105 Å². The molecule has 0 bridgehead atoms. The van der Waals surface area contributed by atoms with Crippen molar-refractivity contribution in [3.05, 3.63) is 113 Å². The molecule has 0 saturated carbocycles. The predicted octanol–water partition coefficient (Wildman–Crippen LogP) is 5.56. The molecule has 0 spiro atoms. The highest BCUT2D eigenvalue weighted by molar-refractivity contribution is 7.93. The third-order valence-electron chi connectivity index (χ3n) is 6.11. The summed E-state index contributed by atoms with van der Waals surface area (Å²) in [6.45, 7) is 6.96. The Kier molecular flexibility index (Phi) is 8.32. The summed E-state index contributed by atoms with van der Waals surface area (Å²) < 4.78 is 56.5. The zero-order valence-corrected chi connectivity index (χ0v) is 24.3. The molecule has 0 aromatic heterocycles. The zero-order chi connectivity index (χ0) is 29.1. The standard InChI is InChI=1S/C30H31N3O5S2/c1-21-8-12-29(13-9-21)40(37,38)33(27-18-23(3)16-24(4)19-27)20-30(34)31-25-10-14-28(15-11-25)39(35,36)32-26-7-5-6-22(2)17-26/h5-19,32H,20H2,1-4H3,(H,31,34). The van der Waals surface area contributed by atoms with E-state index < -0.39 is 32.5 Å². The lowest BCUT2D eigenvalue weighted by Gasteiger charge is -2.25. The van der Waals surface area contributed by atoms with Gasteiger partial charge in [-0.2, -0.15) is 0 Å². The lowest BCUT2D eigenvalue weighted by Crippen LogP contribution is -2.38. The van der Waals surface area contributed by atoms with Crippen molar-refractivity contribution < 1.29 is 21.6 Å². The first-order valence-corrected chi connectivity index (χ1v) is 15.4. The van der Waals surface area contributed by atoms with Gasteiger partial charge in [0.1, 0.15) is 6.54 Å². The second kappa shape index (κ2) is 11.5. The minimum absolute atomic E-state index is 0.0193. The van der Waals surface area contributed by atoms with Gasteiger partial charge in [-0.25, -0.2) is 16.8 Å². The van der Waals surface area contributed by atoms with Crippen LogP contribution < -0.4 is 14.3 Å². The topological polar surface area (TPSA) is 113 Å². The van der Waals surface area contributed by atoms with Gasteiger partial charge in [0.25, 0.3) is 20.0 Å². The largest absolute Gasteiger partial charge is 0.325 e. The number of amides is 1. The number of carbonyl (C=O) groups excluding carboxylic acids is 1. The molecule has 0 atom stereocenters. The summed E-state index contributed by atoms with van der Waals surface area (Å²) in [7, 11) is -7.91. The van der Waals surface area contributed by atoms with Gasteiger partial charge in [-0.15, -0.1) is 0 Å². The second-order valence-corrected chi connectivity index (χ2v) is 13.3. The highest BCUT2D eigenvalue weighted by atomic mass is 32.2. The highest BCUT2D eigenvalue weighted by Gasteiger charge is 2.28. The van der Waals surface area contributed by atoms with E-state index in [1.807, 2.05) is 39.8 Å². The average molecular weight is 578 g/mol. The monoisotopic (exact) mass is 577 g/mol. The number of rotatable bonds is 9. The zero-order valence-electron chi connectivity index (χ0n) is 22.7. The maximum atomic E-state index is 13.7. The van der Waals surface area contributed by atoms with E-state index in [2.05, 4.69) is 10.0 Å². The van der Waals surface area contributed by atoms with Crippen molar-refractivity contribution in [1.29, 1.82) is 0 Å². The normalized spacial score (nSPS) is 11.6. The third kappa shape index (κ3) is 6.88. The van der Waals surface area contributed by atoms with Gasteiger partial charge in [-0.1, -0.05) is 35.9 Å². The molecule has 4 rings (SSSR count). The van der Waals surface area contributed by atoms with Crippen LogP contribution in [0.1, 0.15) is 22.3 Å². The van der Waals surface area contributed by atoms with Crippen LogP contribution in [0.3, 0.4) is 0 Å². The van der Waals surface area contributed by atoms with Gasteiger partial charge in [0.05, 0.1) is 15.5 Å². The van der Waals surface area contributed by atoms with Crippen molar-refractivity contribution in [3.63, 3.8) is 0 Å². The minimum Gasteiger partial charge on any atom is -0.325 e. The van der Waals surface area contributed by atoms with Crippen molar-refractivity contribution in [2.24, 2.45) is 0 Å².